The molecule has 21 heavy (non-hydrogen) atoms. The van der Waals surface area contributed by atoms with Crippen LogP contribution in [0.15, 0.2) is 24.4 Å². The highest BCUT2D eigenvalue weighted by molar-refractivity contribution is 5.81. The molecule has 1 saturated carbocycles. The van der Waals surface area contributed by atoms with Gasteiger partial charge in [0.15, 0.2) is 5.82 Å². The summed E-state index contributed by atoms with van der Waals surface area (Å²) in [5.74, 6) is 0.911. The number of hydrogen-bond acceptors (Lipinski definition) is 4. The third kappa shape index (κ3) is 3.00. The van der Waals surface area contributed by atoms with Crippen molar-refractivity contribution >= 4 is 17.4 Å². The summed E-state index contributed by atoms with van der Waals surface area (Å²) in [5, 5.41) is 6.17. The van der Waals surface area contributed by atoms with Crippen molar-refractivity contribution in [1.29, 1.82) is 0 Å². The highest BCUT2D eigenvalue weighted by Crippen LogP contribution is 2.21. The van der Waals surface area contributed by atoms with Crippen LogP contribution in [0.25, 0.3) is 5.65 Å². The normalized spacial score (nSPS) is 14.4. The van der Waals surface area contributed by atoms with Crippen molar-refractivity contribution in [2.75, 3.05) is 25.5 Å². The molecular weight excluding hydrogens is 266 g/mol. The Balaban J connectivity index is 1.83. The van der Waals surface area contributed by atoms with Crippen LogP contribution >= 0.6 is 0 Å². The predicted molar refractivity (Wildman–Crippen MR) is 82.4 cm³/mol. The smallest absolute Gasteiger partial charge is 0.239 e. The van der Waals surface area contributed by atoms with Gasteiger partial charge in [-0.15, -0.1) is 0 Å². The molecule has 1 aliphatic rings. The average molecular weight is 287 g/mol. The molecule has 6 nitrogen and oxygen atoms in total. The van der Waals surface area contributed by atoms with Crippen molar-refractivity contribution < 1.29 is 4.79 Å². The summed E-state index contributed by atoms with van der Waals surface area (Å²) in [4.78, 5) is 18.5. The second-order valence-electron chi connectivity index (χ2n) is 5.54. The number of imidazole rings is 1. The van der Waals surface area contributed by atoms with E-state index in [1.807, 2.05) is 43.4 Å². The number of nitrogens with one attached hydrogen (secondary N) is 2. The Labute approximate surface area is 124 Å². The molecule has 0 bridgehead atoms. The minimum Gasteiger partial charge on any atom is -0.352 e. The van der Waals surface area contributed by atoms with Crippen molar-refractivity contribution in [3.8, 4) is 0 Å². The number of aromatic nitrogens is 2. The minimum absolute atomic E-state index is 0.0625. The third-order valence-corrected chi connectivity index (χ3v) is 3.64. The van der Waals surface area contributed by atoms with Crippen molar-refractivity contribution in [1.82, 2.24) is 20.0 Å². The Kier molecular flexibility index (Phi) is 3.79. The largest absolute Gasteiger partial charge is 0.352 e. The Bertz CT molecular complexity index is 647. The van der Waals surface area contributed by atoms with Gasteiger partial charge in [-0.2, -0.15) is 0 Å². The van der Waals surface area contributed by atoms with Gasteiger partial charge >= 0.3 is 0 Å². The topological polar surface area (TPSA) is 61.7 Å². The number of anilines is 1. The van der Waals surface area contributed by atoms with Gasteiger partial charge in [0.25, 0.3) is 0 Å². The molecule has 112 valence electrons. The van der Waals surface area contributed by atoms with Gasteiger partial charge in [0.2, 0.25) is 5.91 Å². The summed E-state index contributed by atoms with van der Waals surface area (Å²) in [5.41, 5.74) is 1.96. The molecule has 2 heterocycles. The fraction of sp³-hybridized carbons (Fsp3) is 0.467. The summed E-state index contributed by atoms with van der Waals surface area (Å²) in [6, 6.07) is 6.32. The first kappa shape index (κ1) is 13.9. The fourth-order valence-corrected chi connectivity index (χ4v) is 2.46. The molecule has 0 aliphatic heterocycles. The molecule has 2 N–H and O–H groups in total. The summed E-state index contributed by atoms with van der Waals surface area (Å²) in [7, 11) is 3.82. The van der Waals surface area contributed by atoms with Crippen LogP contribution in [0.4, 0.5) is 5.82 Å². The number of rotatable bonds is 6. The summed E-state index contributed by atoms with van der Waals surface area (Å²) >= 11 is 0. The monoisotopic (exact) mass is 287 g/mol. The van der Waals surface area contributed by atoms with E-state index in [0.29, 0.717) is 19.1 Å². The van der Waals surface area contributed by atoms with E-state index in [4.69, 9.17) is 0 Å². The molecular formula is C15H21N5O. The SMILES string of the molecule is CNCc1c(N(C)CC(=O)NC2CC2)nc2ccccn12. The van der Waals surface area contributed by atoms with Crippen LogP contribution < -0.4 is 15.5 Å². The Hall–Kier alpha value is -2.08. The number of carbonyl (C=O) groups is 1. The van der Waals surface area contributed by atoms with Crippen LogP contribution in [-0.4, -0.2) is 42.0 Å². The van der Waals surface area contributed by atoms with Crippen LogP contribution in [0.3, 0.4) is 0 Å². The lowest BCUT2D eigenvalue weighted by Gasteiger charge is -2.18. The number of pyridine rings is 1. The van der Waals surface area contributed by atoms with Gasteiger partial charge in [0.05, 0.1) is 12.2 Å². The predicted octanol–water partition coefficient (Wildman–Crippen LogP) is 0.768. The molecule has 3 rings (SSSR count). The molecule has 6 heteroatoms. The minimum atomic E-state index is 0.0625. The van der Waals surface area contributed by atoms with Gasteiger partial charge in [-0.1, -0.05) is 6.07 Å². The zero-order chi connectivity index (χ0) is 14.8. The molecule has 2 aromatic heterocycles. The van der Waals surface area contributed by atoms with Crippen LogP contribution in [0.5, 0.6) is 0 Å². The number of hydrogen-bond donors (Lipinski definition) is 2. The maximum Gasteiger partial charge on any atom is 0.239 e. The van der Waals surface area contributed by atoms with Crippen LogP contribution in [-0.2, 0) is 11.3 Å². The maximum atomic E-state index is 12.0. The number of carbonyl (C=O) groups excluding carboxylic acids is 1. The fourth-order valence-electron chi connectivity index (χ4n) is 2.46. The van der Waals surface area contributed by atoms with Gasteiger partial charge in [0.1, 0.15) is 5.65 Å². The van der Waals surface area contributed by atoms with Gasteiger partial charge in [-0.3, -0.25) is 4.79 Å². The number of nitrogens with zero attached hydrogens (tertiary/aromatic N) is 3. The zero-order valence-corrected chi connectivity index (χ0v) is 12.5. The van der Waals surface area contributed by atoms with E-state index in [2.05, 4.69) is 20.0 Å². The van der Waals surface area contributed by atoms with Crippen LogP contribution in [0.2, 0.25) is 0 Å². The Morgan fingerprint density at radius 3 is 3.00 bits per heavy atom. The summed E-state index contributed by atoms with van der Waals surface area (Å²) in [6.07, 6.45) is 4.21. The van der Waals surface area contributed by atoms with Crippen molar-refractivity contribution in [2.45, 2.75) is 25.4 Å². The van der Waals surface area contributed by atoms with Crippen molar-refractivity contribution in [3.05, 3.63) is 30.1 Å². The maximum absolute atomic E-state index is 12.0. The highest BCUT2D eigenvalue weighted by atomic mass is 16.2. The van der Waals surface area contributed by atoms with Crippen LogP contribution in [0.1, 0.15) is 18.5 Å². The van der Waals surface area contributed by atoms with E-state index < -0.39 is 0 Å². The second-order valence-corrected chi connectivity index (χ2v) is 5.54. The van der Waals surface area contributed by atoms with E-state index >= 15 is 0 Å². The molecule has 0 atom stereocenters. The first-order valence-electron chi connectivity index (χ1n) is 7.30. The first-order chi connectivity index (χ1) is 10.2. The number of likely N-dealkylation sites (N-methyl/N-ethyl adjacent to an activating group) is 1. The molecule has 1 aliphatic carbocycles. The lowest BCUT2D eigenvalue weighted by atomic mass is 10.3. The Morgan fingerprint density at radius 1 is 1.48 bits per heavy atom. The molecule has 1 fully saturated rings. The standard InChI is InChI=1S/C15H21N5O/c1-16-9-12-15(18-13-5-3-4-8-20(12)13)19(2)10-14(21)17-11-6-7-11/h3-5,8,11,16H,6-7,9-10H2,1-2H3,(H,17,21). The quantitative estimate of drug-likeness (QED) is 0.824. The zero-order valence-electron chi connectivity index (χ0n) is 12.5. The Morgan fingerprint density at radius 2 is 2.29 bits per heavy atom. The number of amides is 1. The van der Waals surface area contributed by atoms with Gasteiger partial charge in [0, 0.05) is 25.8 Å². The molecule has 0 radical (unpaired) electrons. The molecule has 0 unspecified atom stereocenters. The lowest BCUT2D eigenvalue weighted by molar-refractivity contribution is -0.119. The van der Waals surface area contributed by atoms with E-state index in [0.717, 1.165) is 30.0 Å². The summed E-state index contributed by atoms with van der Waals surface area (Å²) in [6.45, 7) is 1.03. The van der Waals surface area contributed by atoms with E-state index in [1.54, 1.807) is 0 Å². The van der Waals surface area contributed by atoms with Gasteiger partial charge < -0.3 is 19.9 Å². The van der Waals surface area contributed by atoms with E-state index in [9.17, 15) is 4.79 Å². The van der Waals surface area contributed by atoms with E-state index in [1.165, 1.54) is 0 Å². The molecule has 2 aromatic rings. The van der Waals surface area contributed by atoms with Gasteiger partial charge in [-0.25, -0.2) is 4.98 Å². The highest BCUT2D eigenvalue weighted by Gasteiger charge is 2.24. The van der Waals surface area contributed by atoms with Crippen LogP contribution in [0, 0.1) is 0 Å². The van der Waals surface area contributed by atoms with Crippen molar-refractivity contribution in [2.24, 2.45) is 0 Å². The third-order valence-electron chi connectivity index (χ3n) is 3.64. The lowest BCUT2D eigenvalue weighted by Crippen LogP contribution is -2.36. The molecule has 0 saturated heterocycles. The first-order valence-corrected chi connectivity index (χ1v) is 7.30. The van der Waals surface area contributed by atoms with E-state index in [-0.39, 0.29) is 5.91 Å². The second kappa shape index (κ2) is 5.73. The van der Waals surface area contributed by atoms with Crippen molar-refractivity contribution in [3.63, 3.8) is 0 Å². The average Bonchev–Trinajstić information content (AvgIpc) is 3.19. The molecule has 0 aromatic carbocycles. The molecule has 1 amide bonds. The number of fused-ring (bicyclic) bond motifs is 1. The summed E-state index contributed by atoms with van der Waals surface area (Å²) < 4.78 is 2.06. The molecule has 0 spiro atoms. The van der Waals surface area contributed by atoms with Gasteiger partial charge in [-0.05, 0) is 32.0 Å².